The lowest BCUT2D eigenvalue weighted by molar-refractivity contribution is 0.667. The Labute approximate surface area is 122 Å². The van der Waals surface area contributed by atoms with Crippen molar-refractivity contribution in [2.75, 3.05) is 12.8 Å². The molecular weight excluding hydrogens is 360 g/mol. The minimum absolute atomic E-state index is 0.0961. The zero-order valence-corrected chi connectivity index (χ0v) is 12.9. The number of pyridine rings is 2. The van der Waals surface area contributed by atoms with Crippen LogP contribution in [0.25, 0.3) is 0 Å². The van der Waals surface area contributed by atoms with Crippen LogP contribution in [0.2, 0.25) is 0 Å². The van der Waals surface area contributed by atoms with Crippen molar-refractivity contribution in [1.82, 2.24) is 15.3 Å². The second kappa shape index (κ2) is 5.77. The maximum atomic E-state index is 5.91. The summed E-state index contributed by atoms with van der Waals surface area (Å²) in [6, 6.07) is 5.67. The molecule has 3 N–H and O–H groups in total. The number of hydrogen-bond acceptors (Lipinski definition) is 4. The van der Waals surface area contributed by atoms with E-state index in [2.05, 4.69) is 47.1 Å². The van der Waals surface area contributed by atoms with Gasteiger partial charge in [0, 0.05) is 26.9 Å². The Balaban J connectivity index is 2.49. The molecule has 0 aromatic carbocycles. The highest BCUT2D eigenvalue weighted by molar-refractivity contribution is 9.11. The molecule has 0 amide bonds. The number of anilines is 1. The Hall–Kier alpha value is -0.980. The number of aromatic nitrogens is 2. The molecule has 0 radical (unpaired) electrons. The lowest BCUT2D eigenvalue weighted by atomic mass is 10.0. The molecule has 0 saturated carbocycles. The van der Waals surface area contributed by atoms with Crippen molar-refractivity contribution >= 4 is 37.7 Å². The third-order valence-corrected chi connectivity index (χ3v) is 3.65. The Morgan fingerprint density at radius 1 is 1.33 bits per heavy atom. The highest BCUT2D eigenvalue weighted by Crippen LogP contribution is 2.30. The van der Waals surface area contributed by atoms with Crippen LogP contribution in [-0.4, -0.2) is 17.0 Å². The van der Waals surface area contributed by atoms with Crippen molar-refractivity contribution in [1.29, 1.82) is 0 Å². The van der Waals surface area contributed by atoms with E-state index in [1.54, 1.807) is 12.4 Å². The van der Waals surface area contributed by atoms with E-state index in [0.717, 1.165) is 20.2 Å². The first kappa shape index (κ1) is 13.5. The fourth-order valence-electron chi connectivity index (χ4n) is 1.75. The number of halogens is 2. The molecule has 0 saturated heterocycles. The average molecular weight is 372 g/mol. The SMILES string of the molecule is CNC(c1cccnc1N)c1ncc(Br)cc1Br. The smallest absolute Gasteiger partial charge is 0.128 e. The van der Waals surface area contributed by atoms with Gasteiger partial charge in [-0.05, 0) is 51.0 Å². The fourth-order valence-corrected chi connectivity index (χ4v) is 2.97. The van der Waals surface area contributed by atoms with Crippen molar-refractivity contribution in [3.8, 4) is 0 Å². The number of hydrogen-bond donors (Lipinski definition) is 2. The van der Waals surface area contributed by atoms with Gasteiger partial charge in [-0.3, -0.25) is 4.98 Å². The van der Waals surface area contributed by atoms with Crippen LogP contribution in [-0.2, 0) is 0 Å². The van der Waals surface area contributed by atoms with Crippen molar-refractivity contribution in [3.05, 3.63) is 50.8 Å². The molecule has 0 aliphatic rings. The molecule has 0 fully saturated rings. The summed E-state index contributed by atoms with van der Waals surface area (Å²) in [6.45, 7) is 0. The Morgan fingerprint density at radius 2 is 2.11 bits per heavy atom. The highest BCUT2D eigenvalue weighted by atomic mass is 79.9. The summed E-state index contributed by atoms with van der Waals surface area (Å²) in [5.74, 6) is 0.508. The van der Waals surface area contributed by atoms with E-state index >= 15 is 0 Å². The normalized spacial score (nSPS) is 12.4. The second-order valence-electron chi connectivity index (χ2n) is 3.72. The van der Waals surface area contributed by atoms with Gasteiger partial charge < -0.3 is 11.1 Å². The van der Waals surface area contributed by atoms with Gasteiger partial charge in [0.2, 0.25) is 0 Å². The summed E-state index contributed by atoms with van der Waals surface area (Å²) >= 11 is 6.90. The second-order valence-corrected chi connectivity index (χ2v) is 5.49. The van der Waals surface area contributed by atoms with E-state index in [1.807, 2.05) is 25.2 Å². The molecule has 2 aromatic heterocycles. The van der Waals surface area contributed by atoms with E-state index < -0.39 is 0 Å². The van der Waals surface area contributed by atoms with Crippen molar-refractivity contribution in [2.45, 2.75) is 6.04 Å². The van der Waals surface area contributed by atoms with Gasteiger partial charge in [-0.15, -0.1) is 0 Å². The van der Waals surface area contributed by atoms with Gasteiger partial charge in [-0.25, -0.2) is 4.98 Å². The fraction of sp³-hybridized carbons (Fsp3) is 0.167. The van der Waals surface area contributed by atoms with E-state index in [-0.39, 0.29) is 6.04 Å². The Kier molecular flexibility index (Phi) is 4.31. The summed E-state index contributed by atoms with van der Waals surface area (Å²) in [5.41, 5.74) is 7.70. The predicted octanol–water partition coefficient (Wildman–Crippen LogP) is 2.89. The zero-order valence-electron chi connectivity index (χ0n) is 9.69. The summed E-state index contributed by atoms with van der Waals surface area (Å²) < 4.78 is 1.84. The molecule has 94 valence electrons. The minimum atomic E-state index is -0.0961. The molecule has 1 unspecified atom stereocenters. The van der Waals surface area contributed by atoms with Crippen LogP contribution in [0.3, 0.4) is 0 Å². The topological polar surface area (TPSA) is 63.8 Å². The van der Waals surface area contributed by atoms with Crippen molar-refractivity contribution in [3.63, 3.8) is 0 Å². The van der Waals surface area contributed by atoms with Gasteiger partial charge >= 0.3 is 0 Å². The lowest BCUT2D eigenvalue weighted by Crippen LogP contribution is -2.21. The molecule has 18 heavy (non-hydrogen) atoms. The first-order valence-corrected chi connectivity index (χ1v) is 6.90. The molecule has 2 rings (SSSR count). The van der Waals surface area contributed by atoms with E-state index in [9.17, 15) is 0 Å². The van der Waals surface area contributed by atoms with E-state index in [1.165, 1.54) is 0 Å². The number of nitrogens with two attached hydrogens (primary N) is 1. The third-order valence-electron chi connectivity index (χ3n) is 2.58. The van der Waals surface area contributed by atoms with Gasteiger partial charge in [-0.1, -0.05) is 6.07 Å². The van der Waals surface area contributed by atoms with Crippen LogP contribution < -0.4 is 11.1 Å². The van der Waals surface area contributed by atoms with Crippen LogP contribution in [0.1, 0.15) is 17.3 Å². The largest absolute Gasteiger partial charge is 0.383 e. The van der Waals surface area contributed by atoms with Gasteiger partial charge in [0.1, 0.15) is 5.82 Å². The van der Waals surface area contributed by atoms with Gasteiger partial charge in [0.15, 0.2) is 0 Å². The van der Waals surface area contributed by atoms with E-state index in [4.69, 9.17) is 5.73 Å². The molecule has 6 heteroatoms. The van der Waals surface area contributed by atoms with E-state index in [0.29, 0.717) is 5.82 Å². The summed E-state index contributed by atoms with van der Waals surface area (Å²) in [7, 11) is 1.87. The van der Waals surface area contributed by atoms with Gasteiger partial charge in [0.05, 0.1) is 11.7 Å². The summed E-state index contributed by atoms with van der Waals surface area (Å²) in [5, 5.41) is 3.21. The summed E-state index contributed by atoms with van der Waals surface area (Å²) in [4.78, 5) is 8.53. The molecular formula is C12H12Br2N4. The molecule has 0 aliphatic heterocycles. The highest BCUT2D eigenvalue weighted by Gasteiger charge is 2.19. The standard InChI is InChI=1S/C12H12Br2N4/c1-16-10(8-3-2-4-17-12(8)15)11-9(14)5-7(13)6-18-11/h2-6,10,16H,1H3,(H2,15,17). The molecule has 2 heterocycles. The van der Waals surface area contributed by atoms with Crippen molar-refractivity contribution in [2.24, 2.45) is 0 Å². The molecule has 0 spiro atoms. The number of nitrogens with one attached hydrogen (secondary N) is 1. The van der Waals surface area contributed by atoms with Crippen LogP contribution in [0.5, 0.6) is 0 Å². The molecule has 0 bridgehead atoms. The Morgan fingerprint density at radius 3 is 2.72 bits per heavy atom. The van der Waals surface area contributed by atoms with Crippen molar-refractivity contribution < 1.29 is 0 Å². The molecule has 2 aromatic rings. The average Bonchev–Trinajstić information content (AvgIpc) is 2.34. The maximum absolute atomic E-state index is 5.91. The first-order valence-electron chi connectivity index (χ1n) is 5.32. The quantitative estimate of drug-likeness (QED) is 0.870. The predicted molar refractivity (Wildman–Crippen MR) is 79.2 cm³/mol. The number of rotatable bonds is 3. The van der Waals surface area contributed by atoms with Crippen LogP contribution >= 0.6 is 31.9 Å². The number of nitrogen functional groups attached to an aromatic ring is 1. The summed E-state index contributed by atoms with van der Waals surface area (Å²) in [6.07, 6.45) is 3.44. The molecule has 1 atom stereocenters. The zero-order chi connectivity index (χ0) is 13.1. The monoisotopic (exact) mass is 370 g/mol. The van der Waals surface area contributed by atoms with Crippen LogP contribution in [0.15, 0.2) is 39.5 Å². The first-order chi connectivity index (χ1) is 8.63. The van der Waals surface area contributed by atoms with Gasteiger partial charge in [-0.2, -0.15) is 0 Å². The maximum Gasteiger partial charge on any atom is 0.128 e. The molecule has 0 aliphatic carbocycles. The third kappa shape index (κ3) is 2.71. The van der Waals surface area contributed by atoms with Gasteiger partial charge in [0.25, 0.3) is 0 Å². The van der Waals surface area contributed by atoms with Crippen LogP contribution in [0.4, 0.5) is 5.82 Å². The lowest BCUT2D eigenvalue weighted by Gasteiger charge is -2.18. The minimum Gasteiger partial charge on any atom is -0.383 e. The number of nitrogens with zero attached hydrogens (tertiary/aromatic N) is 2. The van der Waals surface area contributed by atoms with Crippen LogP contribution in [0, 0.1) is 0 Å². The Bertz CT molecular complexity index is 560. The molecule has 4 nitrogen and oxygen atoms in total.